The van der Waals surface area contributed by atoms with Crippen molar-refractivity contribution in [1.29, 1.82) is 0 Å². The van der Waals surface area contributed by atoms with Gasteiger partial charge >= 0.3 is 12.1 Å². The van der Waals surface area contributed by atoms with Crippen LogP contribution in [-0.2, 0) is 34.0 Å². The highest BCUT2D eigenvalue weighted by Gasteiger charge is 2.75. The molecule has 356 valence electrons. The molecule has 0 bridgehead atoms. The van der Waals surface area contributed by atoms with Crippen molar-refractivity contribution in [2.45, 2.75) is 35.7 Å². The van der Waals surface area contributed by atoms with Crippen LogP contribution in [0.4, 0.5) is 10.5 Å². The maximum absolute atomic E-state index is 16.4. The number of aliphatic hydroxyl groups excluding tert-OH is 2. The molecule has 9 rings (SSSR count). The molecular formula is C56H51N3O11. The van der Waals surface area contributed by atoms with Gasteiger partial charge in [0, 0.05) is 24.8 Å². The molecule has 3 heterocycles. The van der Waals surface area contributed by atoms with E-state index in [1.54, 1.807) is 92.0 Å². The van der Waals surface area contributed by atoms with E-state index in [2.05, 4.69) is 17.2 Å². The van der Waals surface area contributed by atoms with E-state index in [0.717, 1.165) is 4.90 Å². The van der Waals surface area contributed by atoms with Gasteiger partial charge in [0.05, 0.1) is 50.1 Å². The average Bonchev–Trinajstić information content (AvgIpc) is 3.86. The summed E-state index contributed by atoms with van der Waals surface area (Å²) in [5, 5.41) is 24.2. The summed E-state index contributed by atoms with van der Waals surface area (Å²) in [4.78, 5) is 65.0. The van der Waals surface area contributed by atoms with Crippen LogP contribution in [-0.4, -0.2) is 92.2 Å². The lowest BCUT2D eigenvalue weighted by molar-refractivity contribution is -0.178. The molecule has 2 saturated heterocycles. The van der Waals surface area contributed by atoms with Crippen LogP contribution in [0.2, 0.25) is 0 Å². The molecule has 70 heavy (non-hydrogen) atoms. The molecule has 2 fully saturated rings. The van der Waals surface area contributed by atoms with Crippen molar-refractivity contribution in [2.24, 2.45) is 5.92 Å². The van der Waals surface area contributed by atoms with Crippen LogP contribution in [0.1, 0.15) is 63.2 Å². The number of ether oxygens (including phenoxy) is 5. The first-order chi connectivity index (χ1) is 34.2. The van der Waals surface area contributed by atoms with E-state index in [0.29, 0.717) is 44.9 Å². The highest BCUT2D eigenvalue weighted by atomic mass is 16.6. The van der Waals surface area contributed by atoms with Crippen LogP contribution in [0.15, 0.2) is 158 Å². The lowest BCUT2D eigenvalue weighted by Gasteiger charge is -2.46. The van der Waals surface area contributed by atoms with Gasteiger partial charge in [-0.2, -0.15) is 0 Å². The Bertz CT molecular complexity index is 2910. The van der Waals surface area contributed by atoms with Gasteiger partial charge in [0.25, 0.3) is 0 Å². The minimum atomic E-state index is -2.13. The van der Waals surface area contributed by atoms with Crippen LogP contribution in [0.25, 0.3) is 0 Å². The lowest BCUT2D eigenvalue weighted by atomic mass is 9.65. The fourth-order valence-electron chi connectivity index (χ4n) is 10.1. The molecule has 0 saturated carbocycles. The van der Waals surface area contributed by atoms with Gasteiger partial charge in [-0.25, -0.2) is 9.69 Å². The molecule has 3 aliphatic heterocycles. The number of carbonyl (C=O) groups is 4. The fourth-order valence-corrected chi connectivity index (χ4v) is 10.1. The molecule has 6 aromatic carbocycles. The Kier molecular flexibility index (Phi) is 14.1. The summed E-state index contributed by atoms with van der Waals surface area (Å²) in [5.41, 5.74) is 1.66. The van der Waals surface area contributed by atoms with Gasteiger partial charge in [-0.05, 0) is 82.4 Å². The van der Waals surface area contributed by atoms with Crippen molar-refractivity contribution >= 4 is 29.6 Å². The second-order valence-electron chi connectivity index (χ2n) is 17.0. The van der Waals surface area contributed by atoms with E-state index in [4.69, 9.17) is 23.7 Å². The molecule has 0 aromatic heterocycles. The Morgan fingerprint density at radius 3 is 2.07 bits per heavy atom. The number of nitrogens with one attached hydrogen (secondary N) is 1. The Morgan fingerprint density at radius 2 is 1.39 bits per heavy atom. The number of esters is 1. The third-order valence-electron chi connectivity index (χ3n) is 13.1. The number of fused-ring (bicyclic) bond motifs is 3. The molecule has 14 nitrogen and oxygen atoms in total. The number of cyclic esters (lactones) is 1. The number of nitrogens with zero attached hydrogens (tertiary/aromatic N) is 2. The number of anilines is 1. The predicted octanol–water partition coefficient (Wildman–Crippen LogP) is 6.76. The molecule has 7 atom stereocenters. The molecule has 7 unspecified atom stereocenters. The second kappa shape index (κ2) is 20.8. The number of carbonyl (C=O) groups excluding carboxylic acids is 4. The van der Waals surface area contributed by atoms with Crippen molar-refractivity contribution in [3.8, 4) is 23.3 Å². The Morgan fingerprint density at radius 1 is 0.729 bits per heavy atom. The van der Waals surface area contributed by atoms with Crippen LogP contribution in [0.5, 0.6) is 11.5 Å². The van der Waals surface area contributed by atoms with E-state index in [9.17, 15) is 15.0 Å². The highest BCUT2D eigenvalue weighted by Crippen LogP contribution is 2.66. The second-order valence-corrected chi connectivity index (χ2v) is 17.0. The SMILES string of the molecule is COCCOC(=O)N1C(=O)C2(c3cc(C#Cc4ccc(OC)cc4)ccc31)C(C(=O)NCC(O)c1ccccc1)C1C(=O)OC(c3ccccc3)C(c3ccccc3)N1C2c1cccc(OCCO)c1. The van der Waals surface area contributed by atoms with Gasteiger partial charge in [-0.3, -0.25) is 19.3 Å². The van der Waals surface area contributed by atoms with Gasteiger partial charge in [0.15, 0.2) is 0 Å². The molecule has 1 spiro atoms. The fraction of sp³-hybridized carbons (Fsp3) is 0.250. The van der Waals surface area contributed by atoms with Gasteiger partial charge in [0.2, 0.25) is 11.8 Å². The monoisotopic (exact) mass is 941 g/mol. The largest absolute Gasteiger partial charge is 0.497 e. The number of morpholine rings is 1. The van der Waals surface area contributed by atoms with Gasteiger partial charge < -0.3 is 39.2 Å². The van der Waals surface area contributed by atoms with Crippen LogP contribution in [0, 0.1) is 17.8 Å². The van der Waals surface area contributed by atoms with E-state index in [1.165, 1.54) is 7.11 Å². The highest BCUT2D eigenvalue weighted by molar-refractivity contribution is 6.23. The third kappa shape index (κ3) is 8.87. The lowest BCUT2D eigenvalue weighted by Crippen LogP contribution is -2.56. The number of aliphatic hydroxyl groups is 2. The molecule has 0 aliphatic carbocycles. The maximum Gasteiger partial charge on any atom is 0.421 e. The molecule has 14 heteroatoms. The smallest absolute Gasteiger partial charge is 0.421 e. The molecular weight excluding hydrogens is 891 g/mol. The summed E-state index contributed by atoms with van der Waals surface area (Å²) in [7, 11) is 3.02. The minimum absolute atomic E-state index is 0.0327. The Labute approximate surface area is 405 Å². The van der Waals surface area contributed by atoms with Crippen molar-refractivity contribution in [1.82, 2.24) is 10.2 Å². The molecule has 6 aromatic rings. The van der Waals surface area contributed by atoms with Crippen molar-refractivity contribution < 1.29 is 53.1 Å². The predicted molar refractivity (Wildman–Crippen MR) is 258 cm³/mol. The van der Waals surface area contributed by atoms with Crippen LogP contribution < -0.4 is 19.7 Å². The molecule has 3 amide bonds. The van der Waals surface area contributed by atoms with E-state index in [-0.39, 0.29) is 44.2 Å². The topological polar surface area (TPSA) is 173 Å². The number of benzene rings is 6. The van der Waals surface area contributed by atoms with E-state index >= 15 is 14.4 Å². The van der Waals surface area contributed by atoms with Crippen LogP contribution in [0.3, 0.4) is 0 Å². The van der Waals surface area contributed by atoms with Gasteiger partial charge in [-0.1, -0.05) is 115 Å². The maximum atomic E-state index is 16.4. The van der Waals surface area contributed by atoms with E-state index in [1.807, 2.05) is 77.7 Å². The summed E-state index contributed by atoms with van der Waals surface area (Å²) >= 11 is 0. The number of amides is 3. The van der Waals surface area contributed by atoms with Gasteiger partial charge in [0.1, 0.15) is 42.3 Å². The summed E-state index contributed by atoms with van der Waals surface area (Å²) in [6, 6.07) is 43.0. The van der Waals surface area contributed by atoms with Crippen molar-refractivity contribution in [2.75, 3.05) is 52.1 Å². The number of hydrogen-bond donors (Lipinski definition) is 3. The zero-order chi connectivity index (χ0) is 48.8. The molecule has 3 aliphatic rings. The Balaban J connectivity index is 1.33. The van der Waals surface area contributed by atoms with E-state index < -0.39 is 65.5 Å². The number of hydrogen-bond acceptors (Lipinski definition) is 12. The van der Waals surface area contributed by atoms with Crippen molar-refractivity contribution in [3.05, 3.63) is 197 Å². The Hall–Kier alpha value is -7.80. The number of rotatable bonds is 14. The normalized spacial score (nSPS) is 21.7. The minimum Gasteiger partial charge on any atom is -0.497 e. The average molecular weight is 942 g/mol. The first-order valence-corrected chi connectivity index (χ1v) is 22.9. The summed E-state index contributed by atoms with van der Waals surface area (Å²) < 4.78 is 28.8. The first-order valence-electron chi connectivity index (χ1n) is 22.9. The number of methoxy groups -OCH3 is 2. The zero-order valence-electron chi connectivity index (χ0n) is 38.5. The molecule has 0 radical (unpaired) electrons. The standard InChI is InChI=1S/C56H51N3O11/c1-66-31-32-69-55(65)58-45-28-25-37(22-21-36-23-26-42(67-2)27-24-36)33-44(45)56(54(58)64)47(52(62)57-35-46(61)38-13-6-3-7-14-38)49-53(63)70-50(40-17-10-5-11-18-40)48(39-15-8-4-9-16-39)59(49)51(56)41-19-12-20-43(34-41)68-30-29-60/h3-20,23-28,33-34,46-51,60-61H,29-32,35H2,1-2H3,(H,57,62). The summed E-state index contributed by atoms with van der Waals surface area (Å²) in [6.07, 6.45) is -3.16. The summed E-state index contributed by atoms with van der Waals surface area (Å²) in [5.74, 6) is 3.38. The third-order valence-corrected chi connectivity index (χ3v) is 13.1. The first kappa shape index (κ1) is 47.3. The molecule has 3 N–H and O–H groups in total. The quantitative estimate of drug-likeness (QED) is 0.0596. The zero-order valence-corrected chi connectivity index (χ0v) is 38.5. The number of imide groups is 1. The van der Waals surface area contributed by atoms with Gasteiger partial charge in [-0.15, -0.1) is 0 Å². The summed E-state index contributed by atoms with van der Waals surface area (Å²) in [6.45, 7) is -0.786. The van der Waals surface area contributed by atoms with Crippen molar-refractivity contribution in [3.63, 3.8) is 0 Å². The van der Waals surface area contributed by atoms with Crippen LogP contribution >= 0.6 is 0 Å².